The van der Waals surface area contributed by atoms with Crippen molar-refractivity contribution in [1.82, 2.24) is 0 Å². The fourth-order valence-electron chi connectivity index (χ4n) is 2.68. The third-order valence-electron chi connectivity index (χ3n) is 3.96. The van der Waals surface area contributed by atoms with Gasteiger partial charge in [-0.25, -0.2) is 0 Å². The van der Waals surface area contributed by atoms with Crippen LogP contribution in [0.15, 0.2) is 24.3 Å². The van der Waals surface area contributed by atoms with Gasteiger partial charge in [-0.05, 0) is 37.1 Å². The second-order valence-corrected chi connectivity index (χ2v) is 5.23. The van der Waals surface area contributed by atoms with Crippen LogP contribution in [0.1, 0.15) is 38.5 Å². The molecule has 0 unspecified atom stereocenters. The van der Waals surface area contributed by atoms with Crippen molar-refractivity contribution in [2.24, 2.45) is 5.41 Å². The highest BCUT2D eigenvalue weighted by molar-refractivity contribution is 5.31. The molecule has 0 bridgehead atoms. The van der Waals surface area contributed by atoms with Gasteiger partial charge >= 0.3 is 0 Å². The topological polar surface area (TPSA) is 42.2 Å². The van der Waals surface area contributed by atoms with Crippen molar-refractivity contribution in [3.8, 4) is 17.6 Å². The number of nitrogens with zero attached hydrogens (tertiary/aromatic N) is 1. The van der Waals surface area contributed by atoms with E-state index in [1.807, 2.05) is 24.3 Å². The van der Waals surface area contributed by atoms with Gasteiger partial charge in [-0.1, -0.05) is 19.3 Å². The van der Waals surface area contributed by atoms with Crippen LogP contribution >= 0.6 is 0 Å². The van der Waals surface area contributed by atoms with Crippen LogP contribution in [0.4, 0.5) is 0 Å². The minimum Gasteiger partial charge on any atom is -0.497 e. The summed E-state index contributed by atoms with van der Waals surface area (Å²) in [7, 11) is 1.65. The summed E-state index contributed by atoms with van der Waals surface area (Å²) in [6.07, 6.45) is 6.50. The standard InChI is InChI=1S/C16H21NO2/c1-18-14-5-7-15(8-6-14)19-12-11-16(13-17)9-3-2-4-10-16/h5-8H,2-4,9-12H2,1H3. The quantitative estimate of drug-likeness (QED) is 0.804. The van der Waals surface area contributed by atoms with Gasteiger partial charge in [0.25, 0.3) is 0 Å². The van der Waals surface area contributed by atoms with Gasteiger partial charge in [-0.15, -0.1) is 0 Å². The summed E-state index contributed by atoms with van der Waals surface area (Å²) in [4.78, 5) is 0. The van der Waals surface area contributed by atoms with Crippen molar-refractivity contribution in [3.63, 3.8) is 0 Å². The molecule has 102 valence electrons. The summed E-state index contributed by atoms with van der Waals surface area (Å²) in [5.41, 5.74) is -0.148. The zero-order chi connectivity index (χ0) is 13.6. The Morgan fingerprint density at radius 2 is 1.74 bits per heavy atom. The molecule has 1 aromatic carbocycles. The maximum Gasteiger partial charge on any atom is 0.119 e. The molecular formula is C16H21NO2. The summed E-state index contributed by atoms with van der Waals surface area (Å²) < 4.78 is 10.8. The van der Waals surface area contributed by atoms with Crippen LogP contribution in [0.2, 0.25) is 0 Å². The summed E-state index contributed by atoms with van der Waals surface area (Å²) >= 11 is 0. The predicted octanol–water partition coefficient (Wildman–Crippen LogP) is 3.94. The average Bonchev–Trinajstić information content (AvgIpc) is 2.49. The number of benzene rings is 1. The van der Waals surface area contributed by atoms with Gasteiger partial charge in [-0.2, -0.15) is 5.26 Å². The lowest BCUT2D eigenvalue weighted by molar-refractivity contribution is 0.193. The van der Waals surface area contributed by atoms with Crippen LogP contribution < -0.4 is 9.47 Å². The molecule has 3 heteroatoms. The molecule has 1 aliphatic carbocycles. The number of rotatable bonds is 5. The Labute approximate surface area is 115 Å². The Kier molecular flexibility index (Phi) is 4.68. The fourth-order valence-corrected chi connectivity index (χ4v) is 2.68. The second kappa shape index (κ2) is 6.47. The number of ether oxygens (including phenoxy) is 2. The van der Waals surface area contributed by atoms with E-state index in [4.69, 9.17) is 9.47 Å². The third-order valence-corrected chi connectivity index (χ3v) is 3.96. The van der Waals surface area contributed by atoms with Gasteiger partial charge in [0.15, 0.2) is 0 Å². The van der Waals surface area contributed by atoms with Crippen LogP contribution in [-0.4, -0.2) is 13.7 Å². The number of nitriles is 1. The first-order chi connectivity index (χ1) is 9.28. The molecule has 1 aliphatic rings. The van der Waals surface area contributed by atoms with E-state index in [9.17, 15) is 5.26 Å². The molecule has 0 heterocycles. The molecule has 0 aliphatic heterocycles. The Morgan fingerprint density at radius 1 is 1.11 bits per heavy atom. The minimum atomic E-state index is -0.148. The summed E-state index contributed by atoms with van der Waals surface area (Å²) in [5.74, 6) is 1.66. The Bertz CT molecular complexity index is 427. The van der Waals surface area contributed by atoms with E-state index in [0.29, 0.717) is 6.61 Å². The van der Waals surface area contributed by atoms with Gasteiger partial charge in [0.05, 0.1) is 25.2 Å². The van der Waals surface area contributed by atoms with Crippen molar-refractivity contribution in [1.29, 1.82) is 5.26 Å². The van der Waals surface area contributed by atoms with Crippen LogP contribution in [-0.2, 0) is 0 Å². The summed E-state index contributed by atoms with van der Waals surface area (Å²) in [5, 5.41) is 9.38. The smallest absolute Gasteiger partial charge is 0.119 e. The SMILES string of the molecule is COc1ccc(OCCC2(C#N)CCCCC2)cc1. The van der Waals surface area contributed by atoms with E-state index < -0.39 is 0 Å². The Hall–Kier alpha value is -1.69. The van der Waals surface area contributed by atoms with Gasteiger partial charge in [0, 0.05) is 6.42 Å². The molecule has 0 spiro atoms. The van der Waals surface area contributed by atoms with Crippen molar-refractivity contribution in [2.75, 3.05) is 13.7 Å². The fraction of sp³-hybridized carbons (Fsp3) is 0.562. The highest BCUT2D eigenvalue weighted by Crippen LogP contribution is 2.38. The molecular weight excluding hydrogens is 238 g/mol. The molecule has 3 nitrogen and oxygen atoms in total. The van der Waals surface area contributed by atoms with Crippen LogP contribution in [0, 0.1) is 16.7 Å². The van der Waals surface area contributed by atoms with Crippen molar-refractivity contribution < 1.29 is 9.47 Å². The maximum absolute atomic E-state index is 9.38. The molecule has 1 fully saturated rings. The first-order valence-corrected chi connectivity index (χ1v) is 6.96. The third kappa shape index (κ3) is 3.64. The predicted molar refractivity (Wildman–Crippen MR) is 74.2 cm³/mol. The van der Waals surface area contributed by atoms with Crippen LogP contribution in [0.3, 0.4) is 0 Å². The largest absolute Gasteiger partial charge is 0.497 e. The number of methoxy groups -OCH3 is 1. The first kappa shape index (κ1) is 13.7. The molecule has 0 amide bonds. The lowest BCUT2D eigenvalue weighted by atomic mass is 9.73. The molecule has 19 heavy (non-hydrogen) atoms. The number of hydrogen-bond acceptors (Lipinski definition) is 3. The Morgan fingerprint density at radius 3 is 2.32 bits per heavy atom. The molecule has 0 radical (unpaired) electrons. The highest BCUT2D eigenvalue weighted by atomic mass is 16.5. The molecule has 1 aromatic rings. The minimum absolute atomic E-state index is 0.148. The molecule has 0 aromatic heterocycles. The lowest BCUT2D eigenvalue weighted by Gasteiger charge is -2.30. The van der Waals surface area contributed by atoms with Crippen molar-refractivity contribution in [3.05, 3.63) is 24.3 Å². The summed E-state index contributed by atoms with van der Waals surface area (Å²) in [6, 6.07) is 10.1. The first-order valence-electron chi connectivity index (χ1n) is 6.96. The monoisotopic (exact) mass is 259 g/mol. The maximum atomic E-state index is 9.38. The van der Waals surface area contributed by atoms with Crippen LogP contribution in [0.25, 0.3) is 0 Å². The van der Waals surface area contributed by atoms with Gasteiger partial charge in [0.1, 0.15) is 11.5 Å². The van der Waals surface area contributed by atoms with Crippen LogP contribution in [0.5, 0.6) is 11.5 Å². The molecule has 0 atom stereocenters. The second-order valence-electron chi connectivity index (χ2n) is 5.23. The van der Waals surface area contributed by atoms with E-state index in [0.717, 1.165) is 30.8 Å². The highest BCUT2D eigenvalue weighted by Gasteiger charge is 2.31. The number of hydrogen-bond donors (Lipinski definition) is 0. The van der Waals surface area contributed by atoms with E-state index in [1.54, 1.807) is 7.11 Å². The van der Waals surface area contributed by atoms with Gasteiger partial charge in [0.2, 0.25) is 0 Å². The van der Waals surface area contributed by atoms with Gasteiger partial charge < -0.3 is 9.47 Å². The van der Waals surface area contributed by atoms with E-state index in [-0.39, 0.29) is 5.41 Å². The molecule has 0 N–H and O–H groups in total. The molecule has 2 rings (SSSR count). The Balaban J connectivity index is 1.83. The zero-order valence-corrected chi connectivity index (χ0v) is 11.5. The average molecular weight is 259 g/mol. The molecule has 1 saturated carbocycles. The summed E-state index contributed by atoms with van der Waals surface area (Å²) in [6.45, 7) is 0.611. The van der Waals surface area contributed by atoms with Crippen molar-refractivity contribution >= 4 is 0 Å². The van der Waals surface area contributed by atoms with E-state index in [2.05, 4.69) is 6.07 Å². The lowest BCUT2D eigenvalue weighted by Crippen LogP contribution is -2.24. The molecule has 0 saturated heterocycles. The van der Waals surface area contributed by atoms with E-state index in [1.165, 1.54) is 19.3 Å². The zero-order valence-electron chi connectivity index (χ0n) is 11.5. The normalized spacial score (nSPS) is 17.5. The van der Waals surface area contributed by atoms with Crippen molar-refractivity contribution in [2.45, 2.75) is 38.5 Å². The van der Waals surface area contributed by atoms with Gasteiger partial charge in [-0.3, -0.25) is 0 Å². The van der Waals surface area contributed by atoms with E-state index >= 15 is 0 Å².